The van der Waals surface area contributed by atoms with Gasteiger partial charge in [-0.25, -0.2) is 4.98 Å². The van der Waals surface area contributed by atoms with Crippen LogP contribution in [0.4, 0.5) is 0 Å². The summed E-state index contributed by atoms with van der Waals surface area (Å²) in [7, 11) is 1.48. The van der Waals surface area contributed by atoms with Gasteiger partial charge in [-0.2, -0.15) is 4.98 Å². The van der Waals surface area contributed by atoms with Crippen LogP contribution in [0.15, 0.2) is 40.4 Å². The van der Waals surface area contributed by atoms with Gasteiger partial charge in [0.25, 0.3) is 0 Å². The summed E-state index contributed by atoms with van der Waals surface area (Å²) >= 11 is 7.38. The predicted octanol–water partition coefficient (Wildman–Crippen LogP) is 2.92. The Labute approximate surface area is 125 Å². The van der Waals surface area contributed by atoms with Gasteiger partial charge >= 0.3 is 12.0 Å². The molecule has 0 unspecified atom stereocenters. The summed E-state index contributed by atoms with van der Waals surface area (Å²) < 4.78 is 4.95. The smallest absolute Gasteiger partial charge is 0.317 e. The van der Waals surface area contributed by atoms with Crippen LogP contribution in [0.3, 0.4) is 0 Å². The van der Waals surface area contributed by atoms with E-state index in [0.29, 0.717) is 10.0 Å². The van der Waals surface area contributed by atoms with Crippen molar-refractivity contribution in [1.82, 2.24) is 9.97 Å². The number of ether oxygens (including phenoxy) is 1. The van der Waals surface area contributed by atoms with E-state index in [1.165, 1.54) is 25.1 Å². The van der Waals surface area contributed by atoms with Gasteiger partial charge < -0.3 is 9.84 Å². The number of hydrogen-bond acceptors (Lipinski definition) is 5. The van der Waals surface area contributed by atoms with Crippen molar-refractivity contribution in [1.29, 1.82) is 0 Å². The molecule has 2 rings (SSSR count). The monoisotopic (exact) mass is 310 g/mol. The number of nitrogens with zero attached hydrogens (tertiary/aromatic N) is 2. The fourth-order valence-corrected chi connectivity index (χ4v) is 2.44. The summed E-state index contributed by atoms with van der Waals surface area (Å²) in [4.78, 5) is 19.6. The topological polar surface area (TPSA) is 72.3 Å². The summed E-state index contributed by atoms with van der Waals surface area (Å²) in [6.45, 7) is 0. The number of carbonyl (C=O) groups is 1. The van der Waals surface area contributed by atoms with Crippen LogP contribution in [-0.2, 0) is 11.2 Å². The molecule has 20 heavy (non-hydrogen) atoms. The van der Waals surface area contributed by atoms with Crippen LogP contribution in [0, 0.1) is 0 Å². The molecule has 0 aliphatic heterocycles. The Balaban J connectivity index is 2.15. The van der Waals surface area contributed by atoms with Crippen molar-refractivity contribution in [2.45, 2.75) is 16.3 Å². The summed E-state index contributed by atoms with van der Waals surface area (Å²) in [6.07, 6.45) is 1.49. The summed E-state index contributed by atoms with van der Waals surface area (Å²) in [5, 5.41) is 9.74. The number of aliphatic carboxylic acids is 1. The average molecular weight is 311 g/mol. The number of carboxylic acid groups (broad SMARTS) is 1. The Bertz CT molecular complexity index is 620. The predicted molar refractivity (Wildman–Crippen MR) is 75.5 cm³/mol. The van der Waals surface area contributed by atoms with E-state index in [4.69, 9.17) is 21.4 Å². The summed E-state index contributed by atoms with van der Waals surface area (Å²) in [5.41, 5.74) is 0.744. The molecule has 0 atom stereocenters. The lowest BCUT2D eigenvalue weighted by atomic mass is 10.2. The van der Waals surface area contributed by atoms with E-state index in [1.807, 2.05) is 12.1 Å². The maximum Gasteiger partial charge on any atom is 0.317 e. The number of benzene rings is 1. The minimum absolute atomic E-state index is 0.00698. The zero-order valence-electron chi connectivity index (χ0n) is 10.5. The Hall–Kier alpha value is -1.79. The number of hydrogen-bond donors (Lipinski definition) is 1. The second-order valence-electron chi connectivity index (χ2n) is 3.83. The fourth-order valence-electron chi connectivity index (χ4n) is 1.47. The van der Waals surface area contributed by atoms with Crippen molar-refractivity contribution < 1.29 is 14.6 Å². The molecule has 1 aromatic carbocycles. The van der Waals surface area contributed by atoms with E-state index in [2.05, 4.69) is 9.97 Å². The van der Waals surface area contributed by atoms with Crippen LogP contribution in [0.1, 0.15) is 5.56 Å². The lowest BCUT2D eigenvalue weighted by molar-refractivity contribution is -0.136. The fraction of sp³-hybridized carbons (Fsp3) is 0.154. The molecule has 7 heteroatoms. The molecule has 0 aliphatic rings. The van der Waals surface area contributed by atoms with Crippen LogP contribution in [-0.4, -0.2) is 28.2 Å². The van der Waals surface area contributed by atoms with E-state index in [9.17, 15) is 4.79 Å². The van der Waals surface area contributed by atoms with Crippen molar-refractivity contribution in [2.24, 2.45) is 0 Å². The third-order valence-electron chi connectivity index (χ3n) is 2.37. The lowest BCUT2D eigenvalue weighted by Crippen LogP contribution is -1.99. The molecule has 104 valence electrons. The third kappa shape index (κ3) is 3.85. The molecule has 0 saturated carbocycles. The summed E-state index contributed by atoms with van der Waals surface area (Å²) in [5.74, 6) is -0.853. The van der Waals surface area contributed by atoms with Crippen molar-refractivity contribution >= 4 is 29.3 Å². The zero-order chi connectivity index (χ0) is 14.5. The van der Waals surface area contributed by atoms with Gasteiger partial charge in [0.05, 0.1) is 24.8 Å². The molecule has 0 bridgehead atoms. The van der Waals surface area contributed by atoms with Gasteiger partial charge in [-0.05, 0) is 17.7 Å². The van der Waals surface area contributed by atoms with E-state index in [-0.39, 0.29) is 12.4 Å². The van der Waals surface area contributed by atoms with Crippen LogP contribution >= 0.6 is 23.4 Å². The molecule has 5 nitrogen and oxygen atoms in total. The highest BCUT2D eigenvalue weighted by Crippen LogP contribution is 2.32. The third-order valence-corrected chi connectivity index (χ3v) is 3.77. The first-order chi connectivity index (χ1) is 9.58. The molecule has 0 aliphatic carbocycles. The number of methoxy groups -OCH3 is 1. The Kier molecular flexibility index (Phi) is 4.81. The van der Waals surface area contributed by atoms with Gasteiger partial charge in [0.1, 0.15) is 5.03 Å². The van der Waals surface area contributed by atoms with E-state index in [1.54, 1.807) is 12.1 Å². The minimum atomic E-state index is -0.853. The molecule has 0 spiro atoms. The Morgan fingerprint density at radius 2 is 2.10 bits per heavy atom. The Morgan fingerprint density at radius 1 is 1.40 bits per heavy atom. The highest BCUT2D eigenvalue weighted by atomic mass is 35.5. The number of carboxylic acids is 1. The van der Waals surface area contributed by atoms with Crippen molar-refractivity contribution in [3.8, 4) is 6.01 Å². The Morgan fingerprint density at radius 3 is 2.70 bits per heavy atom. The standard InChI is InChI=1S/C13H11ClN2O3S/c1-19-13-15-7-10(14)12(16-13)20-9-4-2-8(3-5-9)6-11(17)18/h2-5,7H,6H2,1H3,(H,17,18). The number of halogens is 1. The largest absolute Gasteiger partial charge is 0.481 e. The molecular weight excluding hydrogens is 300 g/mol. The number of aromatic nitrogens is 2. The van der Waals surface area contributed by atoms with E-state index < -0.39 is 5.97 Å². The van der Waals surface area contributed by atoms with Gasteiger partial charge in [0.15, 0.2) is 0 Å². The van der Waals surface area contributed by atoms with Crippen LogP contribution in [0.5, 0.6) is 6.01 Å². The number of rotatable bonds is 5. The molecule has 1 aromatic heterocycles. The molecule has 1 heterocycles. The van der Waals surface area contributed by atoms with Crippen LogP contribution in [0.2, 0.25) is 5.02 Å². The van der Waals surface area contributed by atoms with Crippen LogP contribution < -0.4 is 4.74 Å². The van der Waals surface area contributed by atoms with Gasteiger partial charge in [0, 0.05) is 4.90 Å². The molecule has 0 amide bonds. The molecule has 1 N–H and O–H groups in total. The van der Waals surface area contributed by atoms with Crippen LogP contribution in [0.25, 0.3) is 0 Å². The summed E-state index contributed by atoms with van der Waals surface area (Å²) in [6, 6.07) is 7.44. The highest BCUT2D eigenvalue weighted by molar-refractivity contribution is 7.99. The normalized spacial score (nSPS) is 10.3. The molecule has 0 radical (unpaired) electrons. The SMILES string of the molecule is COc1ncc(Cl)c(Sc2ccc(CC(=O)O)cc2)n1. The minimum Gasteiger partial charge on any atom is -0.481 e. The molecule has 2 aromatic rings. The molecule has 0 fully saturated rings. The van der Waals surface area contributed by atoms with Crippen molar-refractivity contribution in [3.05, 3.63) is 41.0 Å². The second kappa shape index (κ2) is 6.58. The maximum absolute atomic E-state index is 10.6. The lowest BCUT2D eigenvalue weighted by Gasteiger charge is -2.05. The maximum atomic E-state index is 10.6. The first-order valence-electron chi connectivity index (χ1n) is 5.63. The van der Waals surface area contributed by atoms with Gasteiger partial charge in [-0.1, -0.05) is 35.5 Å². The quantitative estimate of drug-likeness (QED) is 0.856. The van der Waals surface area contributed by atoms with Crippen molar-refractivity contribution in [3.63, 3.8) is 0 Å². The molecular formula is C13H11ClN2O3S. The van der Waals surface area contributed by atoms with Crippen molar-refractivity contribution in [2.75, 3.05) is 7.11 Å². The van der Waals surface area contributed by atoms with Gasteiger partial charge in [0.2, 0.25) is 0 Å². The average Bonchev–Trinajstić information content (AvgIpc) is 2.43. The second-order valence-corrected chi connectivity index (χ2v) is 5.30. The van der Waals surface area contributed by atoms with E-state index >= 15 is 0 Å². The van der Waals surface area contributed by atoms with Gasteiger partial charge in [-0.15, -0.1) is 0 Å². The first-order valence-corrected chi connectivity index (χ1v) is 6.83. The first kappa shape index (κ1) is 14.6. The highest BCUT2D eigenvalue weighted by Gasteiger charge is 2.08. The zero-order valence-corrected chi connectivity index (χ0v) is 12.1. The van der Waals surface area contributed by atoms with Gasteiger partial charge in [-0.3, -0.25) is 4.79 Å². The van der Waals surface area contributed by atoms with E-state index in [0.717, 1.165) is 10.5 Å². The molecule has 0 saturated heterocycles.